The van der Waals surface area contributed by atoms with Gasteiger partial charge in [0.05, 0.1) is 19.8 Å². The van der Waals surface area contributed by atoms with E-state index in [0.717, 1.165) is 31.3 Å². The predicted octanol–water partition coefficient (Wildman–Crippen LogP) is 3.34. The fourth-order valence-electron chi connectivity index (χ4n) is 2.78. The second kappa shape index (κ2) is 7.69. The topological polar surface area (TPSA) is 38.8 Å². The number of carbonyl (C=O) groups excluding carboxylic acids is 1. The smallest absolute Gasteiger partial charge is 0.257 e. The van der Waals surface area contributed by atoms with Gasteiger partial charge in [-0.2, -0.15) is 0 Å². The number of likely N-dealkylation sites (tertiary alicyclic amines) is 1. The van der Waals surface area contributed by atoms with E-state index in [0.29, 0.717) is 23.0 Å². The van der Waals surface area contributed by atoms with Crippen molar-refractivity contribution in [3.05, 3.63) is 23.8 Å². The number of methoxy groups -OCH3 is 2. The fraction of sp³-hybridized carbons (Fsp3) is 0.562. The molecule has 5 heteroatoms. The first-order chi connectivity index (χ1) is 10.2. The van der Waals surface area contributed by atoms with Crippen molar-refractivity contribution in [3.63, 3.8) is 0 Å². The van der Waals surface area contributed by atoms with Crippen LogP contribution in [0.25, 0.3) is 0 Å². The summed E-state index contributed by atoms with van der Waals surface area (Å²) in [6.07, 6.45) is 3.39. The number of rotatable bonds is 5. The summed E-state index contributed by atoms with van der Waals surface area (Å²) in [6.45, 7) is 1.66. The predicted molar refractivity (Wildman–Crippen MR) is 86.6 cm³/mol. The molecule has 1 aliphatic rings. The van der Waals surface area contributed by atoms with Crippen molar-refractivity contribution in [1.82, 2.24) is 4.90 Å². The summed E-state index contributed by atoms with van der Waals surface area (Å²) >= 11 is 3.49. The van der Waals surface area contributed by atoms with Gasteiger partial charge in [0.25, 0.3) is 5.91 Å². The van der Waals surface area contributed by atoms with E-state index in [1.54, 1.807) is 32.4 Å². The summed E-state index contributed by atoms with van der Waals surface area (Å²) < 4.78 is 10.5. The third-order valence-electron chi connectivity index (χ3n) is 3.96. The van der Waals surface area contributed by atoms with Crippen LogP contribution in [-0.2, 0) is 0 Å². The van der Waals surface area contributed by atoms with E-state index in [4.69, 9.17) is 9.47 Å². The van der Waals surface area contributed by atoms with Crippen LogP contribution in [0, 0.1) is 5.92 Å². The van der Waals surface area contributed by atoms with Gasteiger partial charge in [0.2, 0.25) is 0 Å². The van der Waals surface area contributed by atoms with Gasteiger partial charge in [0.1, 0.15) is 11.5 Å². The summed E-state index contributed by atoms with van der Waals surface area (Å²) in [7, 11) is 3.18. The number of piperidine rings is 1. The number of benzene rings is 1. The summed E-state index contributed by atoms with van der Waals surface area (Å²) in [5.74, 6) is 1.90. The van der Waals surface area contributed by atoms with Crippen LogP contribution in [0.4, 0.5) is 0 Å². The molecule has 1 aromatic carbocycles. The monoisotopic (exact) mass is 355 g/mol. The molecule has 21 heavy (non-hydrogen) atoms. The molecular formula is C16H22BrNO3. The van der Waals surface area contributed by atoms with Gasteiger partial charge >= 0.3 is 0 Å². The molecule has 2 rings (SSSR count). The van der Waals surface area contributed by atoms with Gasteiger partial charge in [-0.15, -0.1) is 0 Å². The van der Waals surface area contributed by atoms with Crippen molar-refractivity contribution in [2.75, 3.05) is 32.6 Å². The first-order valence-corrected chi connectivity index (χ1v) is 8.39. The molecule has 0 saturated carbocycles. The normalized spacial score (nSPS) is 18.4. The Morgan fingerprint density at radius 1 is 1.38 bits per heavy atom. The van der Waals surface area contributed by atoms with Crippen molar-refractivity contribution >= 4 is 21.8 Å². The van der Waals surface area contributed by atoms with Gasteiger partial charge in [-0.25, -0.2) is 0 Å². The van der Waals surface area contributed by atoms with Gasteiger partial charge in [-0.1, -0.05) is 15.9 Å². The summed E-state index contributed by atoms with van der Waals surface area (Å²) in [6, 6.07) is 5.34. The fourth-order valence-corrected chi connectivity index (χ4v) is 3.43. The van der Waals surface area contributed by atoms with E-state index in [1.165, 1.54) is 6.42 Å². The number of nitrogens with zero attached hydrogens (tertiary/aromatic N) is 1. The molecule has 0 aromatic heterocycles. The number of alkyl halides is 1. The average Bonchev–Trinajstić information content (AvgIpc) is 2.54. The van der Waals surface area contributed by atoms with E-state index < -0.39 is 0 Å². The van der Waals surface area contributed by atoms with Crippen molar-refractivity contribution in [1.29, 1.82) is 0 Å². The number of hydrogen-bond donors (Lipinski definition) is 0. The Hall–Kier alpha value is -1.23. The van der Waals surface area contributed by atoms with E-state index in [2.05, 4.69) is 15.9 Å². The zero-order chi connectivity index (χ0) is 15.2. The SMILES string of the molecule is COc1ccc(C(=O)N2CCCC(CCBr)C2)c(OC)c1. The van der Waals surface area contributed by atoms with Crippen LogP contribution >= 0.6 is 15.9 Å². The molecule has 0 aliphatic carbocycles. The molecule has 1 atom stereocenters. The lowest BCUT2D eigenvalue weighted by Gasteiger charge is -2.33. The van der Waals surface area contributed by atoms with Crippen LogP contribution in [0.5, 0.6) is 11.5 Å². The Morgan fingerprint density at radius 3 is 2.86 bits per heavy atom. The minimum Gasteiger partial charge on any atom is -0.497 e. The van der Waals surface area contributed by atoms with Crippen molar-refractivity contribution in [3.8, 4) is 11.5 Å². The molecule has 1 aliphatic heterocycles. The van der Waals surface area contributed by atoms with Gasteiger partial charge in [0.15, 0.2) is 0 Å². The summed E-state index contributed by atoms with van der Waals surface area (Å²) in [5.41, 5.74) is 0.609. The number of halogens is 1. The Bertz CT molecular complexity index is 490. The lowest BCUT2D eigenvalue weighted by molar-refractivity contribution is 0.0668. The molecule has 1 amide bonds. The standard InChI is InChI=1S/C16H22BrNO3/c1-20-13-5-6-14(15(10-13)21-2)16(19)18-9-3-4-12(11-18)7-8-17/h5-6,10,12H,3-4,7-9,11H2,1-2H3. The van der Waals surface area contributed by atoms with Crippen molar-refractivity contribution in [2.45, 2.75) is 19.3 Å². The van der Waals surface area contributed by atoms with Crippen molar-refractivity contribution < 1.29 is 14.3 Å². The van der Waals surface area contributed by atoms with Crippen molar-refractivity contribution in [2.24, 2.45) is 5.92 Å². The second-order valence-corrected chi connectivity index (χ2v) is 6.10. The summed E-state index contributed by atoms with van der Waals surface area (Å²) in [4.78, 5) is 14.7. The van der Waals surface area contributed by atoms with E-state index in [1.807, 2.05) is 4.90 Å². The zero-order valence-corrected chi connectivity index (χ0v) is 14.2. The van der Waals surface area contributed by atoms with Gasteiger partial charge in [0, 0.05) is 24.5 Å². The number of hydrogen-bond acceptors (Lipinski definition) is 3. The largest absolute Gasteiger partial charge is 0.497 e. The van der Waals surface area contributed by atoms with E-state index >= 15 is 0 Å². The molecular weight excluding hydrogens is 334 g/mol. The second-order valence-electron chi connectivity index (χ2n) is 5.30. The Labute approximate surface area is 134 Å². The van der Waals surface area contributed by atoms with E-state index in [9.17, 15) is 4.79 Å². The minimum absolute atomic E-state index is 0.0498. The first-order valence-electron chi connectivity index (χ1n) is 7.26. The van der Waals surface area contributed by atoms with Gasteiger partial charge in [-0.05, 0) is 37.3 Å². The van der Waals surface area contributed by atoms with Gasteiger partial charge in [-0.3, -0.25) is 4.79 Å². The Kier molecular flexibility index (Phi) is 5.91. The molecule has 0 N–H and O–H groups in total. The molecule has 1 fully saturated rings. The highest BCUT2D eigenvalue weighted by molar-refractivity contribution is 9.09. The molecule has 116 valence electrons. The highest BCUT2D eigenvalue weighted by Crippen LogP contribution is 2.28. The van der Waals surface area contributed by atoms with Crippen LogP contribution in [0.3, 0.4) is 0 Å². The Morgan fingerprint density at radius 2 is 2.19 bits per heavy atom. The third-order valence-corrected chi connectivity index (χ3v) is 4.42. The van der Waals surface area contributed by atoms with Crippen LogP contribution in [-0.4, -0.2) is 43.4 Å². The minimum atomic E-state index is 0.0498. The lowest BCUT2D eigenvalue weighted by atomic mass is 9.95. The number of amides is 1. The first kappa shape index (κ1) is 16.1. The molecule has 1 unspecified atom stereocenters. The Balaban J connectivity index is 2.15. The highest BCUT2D eigenvalue weighted by atomic mass is 79.9. The molecule has 1 aromatic rings. The van der Waals surface area contributed by atoms with Crippen LogP contribution in [0.2, 0.25) is 0 Å². The van der Waals surface area contributed by atoms with E-state index in [-0.39, 0.29) is 5.91 Å². The number of carbonyl (C=O) groups is 1. The number of ether oxygens (including phenoxy) is 2. The molecule has 1 heterocycles. The highest BCUT2D eigenvalue weighted by Gasteiger charge is 2.26. The quantitative estimate of drug-likeness (QED) is 0.760. The maximum absolute atomic E-state index is 12.7. The molecule has 1 saturated heterocycles. The molecule has 4 nitrogen and oxygen atoms in total. The maximum Gasteiger partial charge on any atom is 0.257 e. The van der Waals surface area contributed by atoms with Crippen LogP contribution in [0.1, 0.15) is 29.6 Å². The summed E-state index contributed by atoms with van der Waals surface area (Å²) in [5, 5.41) is 0.992. The van der Waals surface area contributed by atoms with Crippen LogP contribution in [0.15, 0.2) is 18.2 Å². The average molecular weight is 356 g/mol. The van der Waals surface area contributed by atoms with Gasteiger partial charge < -0.3 is 14.4 Å². The lowest BCUT2D eigenvalue weighted by Crippen LogP contribution is -2.40. The zero-order valence-electron chi connectivity index (χ0n) is 12.6. The third kappa shape index (κ3) is 3.90. The molecule has 0 bridgehead atoms. The molecule has 0 radical (unpaired) electrons. The van der Waals surface area contributed by atoms with Crippen LogP contribution < -0.4 is 9.47 Å². The maximum atomic E-state index is 12.7. The molecule has 0 spiro atoms.